The average molecular weight is 250 g/mol. The molecule has 2 heteroatoms. The Morgan fingerprint density at radius 3 is 2.53 bits per heavy atom. The maximum absolute atomic E-state index is 12.6. The third-order valence-electron chi connectivity index (χ3n) is 3.88. The summed E-state index contributed by atoms with van der Waals surface area (Å²) >= 11 is 0. The summed E-state index contributed by atoms with van der Waals surface area (Å²) in [6, 6.07) is 7.57. The maximum atomic E-state index is 12.6. The molecule has 2 nitrogen and oxygen atoms in total. The number of carbonyl (C=O) groups excluding carboxylic acids is 2. The van der Waals surface area contributed by atoms with Gasteiger partial charge in [0.05, 0.1) is 5.92 Å². The van der Waals surface area contributed by atoms with E-state index in [4.69, 9.17) is 0 Å². The minimum absolute atomic E-state index is 0.0418. The zero-order valence-corrected chi connectivity index (χ0v) is 10.7. The van der Waals surface area contributed by atoms with Crippen molar-refractivity contribution < 1.29 is 9.59 Å². The third kappa shape index (κ3) is 1.64. The Labute approximate surface area is 112 Å². The molecule has 94 valence electrons. The van der Waals surface area contributed by atoms with Gasteiger partial charge < -0.3 is 0 Å². The Kier molecular flexibility index (Phi) is 2.59. The molecule has 0 amide bonds. The van der Waals surface area contributed by atoms with E-state index in [-0.39, 0.29) is 11.6 Å². The number of aryl methyl sites for hydroxylation is 1. The van der Waals surface area contributed by atoms with Crippen LogP contribution < -0.4 is 0 Å². The lowest BCUT2D eigenvalue weighted by Crippen LogP contribution is -2.17. The lowest BCUT2D eigenvalue weighted by Gasteiger charge is -2.13. The summed E-state index contributed by atoms with van der Waals surface area (Å²) in [5.74, 6) is -1.22. The first-order valence-corrected chi connectivity index (χ1v) is 6.32. The number of rotatable bonds is 1. The van der Waals surface area contributed by atoms with Gasteiger partial charge in [-0.25, -0.2) is 0 Å². The quantitative estimate of drug-likeness (QED) is 0.718. The van der Waals surface area contributed by atoms with Crippen molar-refractivity contribution in [2.75, 3.05) is 0 Å². The zero-order valence-electron chi connectivity index (χ0n) is 10.7. The number of carbonyl (C=O) groups is 2. The SMILES string of the molecule is C=C1C=CC=C2C(=O)C(c3ccccc3C)C(=O)C12. The predicted octanol–water partition coefficient (Wildman–Crippen LogP) is 2.90. The fourth-order valence-corrected chi connectivity index (χ4v) is 2.90. The molecule has 0 aliphatic heterocycles. The van der Waals surface area contributed by atoms with E-state index in [2.05, 4.69) is 6.58 Å². The minimum atomic E-state index is -0.658. The van der Waals surface area contributed by atoms with Crippen LogP contribution in [0.4, 0.5) is 0 Å². The minimum Gasteiger partial charge on any atom is -0.297 e. The molecule has 0 bridgehead atoms. The molecule has 0 N–H and O–H groups in total. The lowest BCUT2D eigenvalue weighted by atomic mass is 9.88. The predicted molar refractivity (Wildman–Crippen MR) is 73.8 cm³/mol. The first kappa shape index (κ1) is 11.8. The molecule has 0 heterocycles. The van der Waals surface area contributed by atoms with E-state index in [1.807, 2.05) is 31.2 Å². The molecule has 1 aromatic rings. The summed E-state index contributed by atoms with van der Waals surface area (Å²) in [4.78, 5) is 25.0. The van der Waals surface area contributed by atoms with Crippen LogP contribution in [-0.2, 0) is 9.59 Å². The van der Waals surface area contributed by atoms with Crippen molar-refractivity contribution >= 4 is 11.6 Å². The smallest absolute Gasteiger partial charge is 0.174 e. The van der Waals surface area contributed by atoms with Gasteiger partial charge in [-0.15, -0.1) is 0 Å². The first-order valence-electron chi connectivity index (χ1n) is 6.32. The molecule has 1 fully saturated rings. The van der Waals surface area contributed by atoms with Crippen LogP contribution in [0.5, 0.6) is 0 Å². The molecule has 2 aliphatic carbocycles. The molecule has 1 saturated carbocycles. The van der Waals surface area contributed by atoms with Crippen LogP contribution in [0.15, 0.2) is 60.2 Å². The number of allylic oxidation sites excluding steroid dienone is 5. The summed E-state index contributed by atoms with van der Waals surface area (Å²) in [7, 11) is 0. The van der Waals surface area contributed by atoms with Crippen LogP contribution in [0, 0.1) is 12.8 Å². The second-order valence-corrected chi connectivity index (χ2v) is 5.05. The van der Waals surface area contributed by atoms with Gasteiger partial charge in [-0.3, -0.25) is 9.59 Å². The molecule has 19 heavy (non-hydrogen) atoms. The van der Waals surface area contributed by atoms with Gasteiger partial charge in [0.15, 0.2) is 11.6 Å². The number of ketones is 2. The first-order chi connectivity index (χ1) is 9.11. The summed E-state index contributed by atoms with van der Waals surface area (Å²) in [6.07, 6.45) is 5.34. The highest BCUT2D eigenvalue weighted by molar-refractivity contribution is 6.25. The topological polar surface area (TPSA) is 34.1 Å². The van der Waals surface area contributed by atoms with E-state index in [1.54, 1.807) is 18.2 Å². The van der Waals surface area contributed by atoms with Gasteiger partial charge in [0.2, 0.25) is 0 Å². The second-order valence-electron chi connectivity index (χ2n) is 5.05. The molecule has 0 aromatic heterocycles. The van der Waals surface area contributed by atoms with Crippen molar-refractivity contribution in [2.45, 2.75) is 12.8 Å². The molecule has 0 radical (unpaired) electrons. The summed E-state index contributed by atoms with van der Waals surface area (Å²) in [5, 5.41) is 0. The van der Waals surface area contributed by atoms with Gasteiger partial charge in [0.25, 0.3) is 0 Å². The number of hydrogen-bond donors (Lipinski definition) is 0. The molecule has 0 saturated heterocycles. The van der Waals surface area contributed by atoms with E-state index in [1.165, 1.54) is 0 Å². The van der Waals surface area contributed by atoms with Gasteiger partial charge in [-0.2, -0.15) is 0 Å². The largest absolute Gasteiger partial charge is 0.297 e. The monoisotopic (exact) mass is 250 g/mol. The normalized spacial score (nSPS) is 25.5. The average Bonchev–Trinajstić information content (AvgIpc) is 2.64. The lowest BCUT2D eigenvalue weighted by molar-refractivity contribution is -0.124. The van der Waals surface area contributed by atoms with Crippen molar-refractivity contribution in [3.05, 3.63) is 71.3 Å². The Bertz CT molecular complexity index is 662. The van der Waals surface area contributed by atoms with Crippen molar-refractivity contribution in [1.82, 2.24) is 0 Å². The van der Waals surface area contributed by atoms with Gasteiger partial charge in [0, 0.05) is 5.57 Å². The van der Waals surface area contributed by atoms with Gasteiger partial charge >= 0.3 is 0 Å². The summed E-state index contributed by atoms with van der Waals surface area (Å²) in [6.45, 7) is 5.82. The van der Waals surface area contributed by atoms with Crippen LogP contribution in [0.1, 0.15) is 17.0 Å². The summed E-state index contributed by atoms with van der Waals surface area (Å²) < 4.78 is 0. The van der Waals surface area contributed by atoms with Gasteiger partial charge in [0.1, 0.15) is 5.92 Å². The van der Waals surface area contributed by atoms with Crippen molar-refractivity contribution in [3.8, 4) is 0 Å². The van der Waals surface area contributed by atoms with Crippen LogP contribution in [0.2, 0.25) is 0 Å². The van der Waals surface area contributed by atoms with Crippen LogP contribution in [-0.4, -0.2) is 11.6 Å². The highest BCUT2D eigenvalue weighted by Gasteiger charge is 2.47. The maximum Gasteiger partial charge on any atom is 0.174 e. The fourth-order valence-electron chi connectivity index (χ4n) is 2.90. The van der Waals surface area contributed by atoms with E-state index in [0.717, 1.165) is 11.1 Å². The van der Waals surface area contributed by atoms with E-state index in [0.29, 0.717) is 11.1 Å². The Morgan fingerprint density at radius 1 is 1.11 bits per heavy atom. The van der Waals surface area contributed by atoms with Gasteiger partial charge in [-0.05, 0) is 23.6 Å². The van der Waals surface area contributed by atoms with E-state index in [9.17, 15) is 9.59 Å². The van der Waals surface area contributed by atoms with Gasteiger partial charge in [-0.1, -0.05) is 49.1 Å². The molecule has 2 atom stereocenters. The number of Topliss-reactive ketones (excluding diaryl/α,β-unsaturated/α-hetero) is 2. The third-order valence-corrected chi connectivity index (χ3v) is 3.88. The molecular weight excluding hydrogens is 236 g/mol. The molecular formula is C17H14O2. The Balaban J connectivity index is 2.12. The van der Waals surface area contributed by atoms with Crippen molar-refractivity contribution in [1.29, 1.82) is 0 Å². The highest BCUT2D eigenvalue weighted by Crippen LogP contribution is 2.42. The van der Waals surface area contributed by atoms with E-state index < -0.39 is 11.8 Å². The standard InChI is InChI=1S/C17H14O2/c1-10-6-3-4-8-12(10)15-16(18)13-9-5-7-11(2)14(13)17(15)19/h3-9,14-15H,2H2,1H3. The second kappa shape index (κ2) is 4.16. The van der Waals surface area contributed by atoms with Crippen molar-refractivity contribution in [3.63, 3.8) is 0 Å². The van der Waals surface area contributed by atoms with Crippen LogP contribution >= 0.6 is 0 Å². The zero-order chi connectivity index (χ0) is 13.6. The number of fused-ring (bicyclic) bond motifs is 1. The summed E-state index contributed by atoms with van der Waals surface area (Å²) in [5.41, 5.74) is 3.10. The van der Waals surface area contributed by atoms with Crippen LogP contribution in [0.25, 0.3) is 0 Å². The Morgan fingerprint density at radius 2 is 1.84 bits per heavy atom. The molecule has 2 aliphatic rings. The van der Waals surface area contributed by atoms with Crippen molar-refractivity contribution in [2.24, 2.45) is 5.92 Å². The molecule has 2 unspecified atom stereocenters. The molecule has 0 spiro atoms. The number of benzene rings is 1. The Hall–Kier alpha value is -2.22. The van der Waals surface area contributed by atoms with E-state index >= 15 is 0 Å². The molecule has 1 aromatic carbocycles. The highest BCUT2D eigenvalue weighted by atomic mass is 16.2. The number of hydrogen-bond acceptors (Lipinski definition) is 2. The fraction of sp³-hybridized carbons (Fsp3) is 0.176. The molecule has 3 rings (SSSR count). The van der Waals surface area contributed by atoms with Crippen LogP contribution in [0.3, 0.4) is 0 Å².